The second kappa shape index (κ2) is 7.45. The molecular weight excluding hydrogens is 264 g/mol. The van der Waals surface area contributed by atoms with Crippen LogP contribution in [-0.4, -0.2) is 19.1 Å². The highest BCUT2D eigenvalue weighted by Gasteiger charge is 2.13. The number of amides is 1. The summed E-state index contributed by atoms with van der Waals surface area (Å²) in [5.74, 6) is 0.622. The van der Waals surface area contributed by atoms with Crippen molar-refractivity contribution in [3.8, 4) is 5.75 Å². The second-order valence-electron chi connectivity index (χ2n) is 4.87. The van der Waals surface area contributed by atoms with Crippen LogP contribution in [0.15, 0.2) is 54.6 Å². The number of hydrogen-bond donors (Lipinski definition) is 2. The van der Waals surface area contributed by atoms with Gasteiger partial charge < -0.3 is 15.8 Å². The molecule has 1 atom stereocenters. The minimum Gasteiger partial charge on any atom is -0.497 e. The van der Waals surface area contributed by atoms with Gasteiger partial charge in [0.25, 0.3) is 0 Å². The molecular formula is C17H20N2O2. The molecule has 110 valence electrons. The molecule has 4 heteroatoms. The predicted molar refractivity (Wildman–Crippen MR) is 83.0 cm³/mol. The first-order chi connectivity index (χ1) is 10.2. The third kappa shape index (κ3) is 4.61. The van der Waals surface area contributed by atoms with Crippen LogP contribution in [0.5, 0.6) is 5.75 Å². The molecule has 0 aromatic heterocycles. The molecule has 21 heavy (non-hydrogen) atoms. The Morgan fingerprint density at radius 3 is 2.57 bits per heavy atom. The van der Waals surface area contributed by atoms with Crippen molar-refractivity contribution in [2.45, 2.75) is 19.0 Å². The van der Waals surface area contributed by atoms with E-state index >= 15 is 0 Å². The zero-order chi connectivity index (χ0) is 15.1. The fourth-order valence-corrected chi connectivity index (χ4v) is 2.06. The molecule has 2 aromatic rings. The van der Waals surface area contributed by atoms with E-state index in [0.717, 1.165) is 16.9 Å². The molecule has 2 aromatic carbocycles. The maximum atomic E-state index is 12.0. The van der Waals surface area contributed by atoms with E-state index in [9.17, 15) is 4.79 Å². The van der Waals surface area contributed by atoms with Gasteiger partial charge in [-0.05, 0) is 29.7 Å². The molecule has 4 nitrogen and oxygen atoms in total. The van der Waals surface area contributed by atoms with Crippen LogP contribution in [-0.2, 0) is 17.8 Å². The zero-order valence-electron chi connectivity index (χ0n) is 12.1. The lowest BCUT2D eigenvalue weighted by Crippen LogP contribution is -2.41. The number of carbonyl (C=O) groups is 1. The minimum absolute atomic E-state index is 0.151. The predicted octanol–water partition coefficient (Wildman–Crippen LogP) is 1.88. The molecule has 3 N–H and O–H groups in total. The smallest absolute Gasteiger partial charge is 0.237 e. The maximum Gasteiger partial charge on any atom is 0.237 e. The Morgan fingerprint density at radius 1 is 1.14 bits per heavy atom. The lowest BCUT2D eigenvalue weighted by Gasteiger charge is -2.12. The molecule has 2 rings (SSSR count). The first-order valence-electron chi connectivity index (χ1n) is 6.89. The normalized spacial score (nSPS) is 11.7. The fraction of sp³-hybridized carbons (Fsp3) is 0.235. The quantitative estimate of drug-likeness (QED) is 0.851. The molecule has 0 radical (unpaired) electrons. The van der Waals surface area contributed by atoms with Crippen LogP contribution in [0, 0.1) is 0 Å². The third-order valence-corrected chi connectivity index (χ3v) is 3.24. The molecule has 0 bridgehead atoms. The number of hydrogen-bond acceptors (Lipinski definition) is 3. The van der Waals surface area contributed by atoms with Crippen LogP contribution < -0.4 is 15.8 Å². The fourth-order valence-electron chi connectivity index (χ4n) is 2.06. The highest BCUT2D eigenvalue weighted by Crippen LogP contribution is 2.12. The summed E-state index contributed by atoms with van der Waals surface area (Å²) in [6, 6.07) is 16.8. The van der Waals surface area contributed by atoms with Gasteiger partial charge in [0.15, 0.2) is 0 Å². The lowest BCUT2D eigenvalue weighted by molar-refractivity contribution is -0.122. The molecule has 0 saturated heterocycles. The van der Waals surface area contributed by atoms with E-state index in [2.05, 4.69) is 5.32 Å². The second-order valence-corrected chi connectivity index (χ2v) is 4.87. The van der Waals surface area contributed by atoms with E-state index in [1.54, 1.807) is 7.11 Å². The molecule has 0 unspecified atom stereocenters. The first kappa shape index (κ1) is 15.1. The molecule has 0 heterocycles. The van der Waals surface area contributed by atoms with Gasteiger partial charge in [0.05, 0.1) is 13.2 Å². The van der Waals surface area contributed by atoms with Crippen LogP contribution in [0.1, 0.15) is 11.1 Å². The van der Waals surface area contributed by atoms with Crippen LogP contribution >= 0.6 is 0 Å². The van der Waals surface area contributed by atoms with Crippen molar-refractivity contribution in [2.24, 2.45) is 5.73 Å². The molecule has 0 fully saturated rings. The molecule has 0 saturated carbocycles. The van der Waals surface area contributed by atoms with Crippen LogP contribution in [0.25, 0.3) is 0 Å². The topological polar surface area (TPSA) is 64.3 Å². The number of carbonyl (C=O) groups excluding carboxylic acids is 1. The minimum atomic E-state index is -0.544. The van der Waals surface area contributed by atoms with E-state index < -0.39 is 6.04 Å². The average Bonchev–Trinajstić information content (AvgIpc) is 2.53. The van der Waals surface area contributed by atoms with Gasteiger partial charge in [-0.1, -0.05) is 42.5 Å². The highest BCUT2D eigenvalue weighted by molar-refractivity contribution is 5.81. The zero-order valence-corrected chi connectivity index (χ0v) is 12.1. The highest BCUT2D eigenvalue weighted by atomic mass is 16.5. The Hall–Kier alpha value is -2.33. The number of nitrogens with two attached hydrogens (primary N) is 1. The lowest BCUT2D eigenvalue weighted by atomic mass is 10.1. The number of rotatable bonds is 6. The SMILES string of the molecule is COc1cccc(CNC(=O)[C@@H](N)Cc2ccccc2)c1. The van der Waals surface area contributed by atoms with Crippen molar-refractivity contribution in [3.05, 3.63) is 65.7 Å². The Labute approximate surface area is 124 Å². The molecule has 1 amide bonds. The summed E-state index contributed by atoms with van der Waals surface area (Å²) in [6.07, 6.45) is 0.533. The Bertz CT molecular complexity index is 584. The standard InChI is InChI=1S/C17H20N2O2/c1-21-15-9-5-8-14(10-15)12-19-17(20)16(18)11-13-6-3-2-4-7-13/h2-10,16H,11-12,18H2,1H3,(H,19,20)/t16-/m0/s1. The largest absolute Gasteiger partial charge is 0.497 e. The monoisotopic (exact) mass is 284 g/mol. The van der Waals surface area contributed by atoms with Gasteiger partial charge in [0.1, 0.15) is 5.75 Å². The van der Waals surface area contributed by atoms with Crippen molar-refractivity contribution < 1.29 is 9.53 Å². The van der Waals surface area contributed by atoms with Gasteiger partial charge in [0.2, 0.25) is 5.91 Å². The van der Waals surface area contributed by atoms with Crippen LogP contribution in [0.2, 0.25) is 0 Å². The number of ether oxygens (including phenoxy) is 1. The summed E-state index contributed by atoms with van der Waals surface area (Å²) in [6.45, 7) is 0.443. The van der Waals surface area contributed by atoms with Crippen molar-refractivity contribution in [3.63, 3.8) is 0 Å². The van der Waals surface area contributed by atoms with Crippen molar-refractivity contribution in [1.29, 1.82) is 0 Å². The summed E-state index contributed by atoms with van der Waals surface area (Å²) >= 11 is 0. The van der Waals surface area contributed by atoms with Crippen LogP contribution in [0.3, 0.4) is 0 Å². The van der Waals surface area contributed by atoms with Crippen molar-refractivity contribution in [1.82, 2.24) is 5.32 Å². The number of methoxy groups -OCH3 is 1. The maximum absolute atomic E-state index is 12.0. The van der Waals surface area contributed by atoms with Gasteiger partial charge in [-0.25, -0.2) is 0 Å². The van der Waals surface area contributed by atoms with Gasteiger partial charge in [-0.2, -0.15) is 0 Å². The molecule has 0 aliphatic carbocycles. The molecule has 0 spiro atoms. The van der Waals surface area contributed by atoms with Gasteiger partial charge in [0, 0.05) is 6.54 Å². The Kier molecular flexibility index (Phi) is 5.35. The van der Waals surface area contributed by atoms with E-state index in [-0.39, 0.29) is 5.91 Å². The van der Waals surface area contributed by atoms with E-state index in [4.69, 9.17) is 10.5 Å². The Morgan fingerprint density at radius 2 is 1.86 bits per heavy atom. The number of benzene rings is 2. The van der Waals surface area contributed by atoms with Crippen LogP contribution in [0.4, 0.5) is 0 Å². The summed E-state index contributed by atoms with van der Waals surface area (Å²) < 4.78 is 5.15. The Balaban J connectivity index is 1.86. The third-order valence-electron chi connectivity index (χ3n) is 3.24. The summed E-state index contributed by atoms with van der Waals surface area (Å²) in [5.41, 5.74) is 7.97. The van der Waals surface area contributed by atoms with Gasteiger partial charge in [-0.3, -0.25) is 4.79 Å². The van der Waals surface area contributed by atoms with Gasteiger partial charge in [-0.15, -0.1) is 0 Å². The summed E-state index contributed by atoms with van der Waals surface area (Å²) in [7, 11) is 1.62. The van der Waals surface area contributed by atoms with Crippen molar-refractivity contribution >= 4 is 5.91 Å². The van der Waals surface area contributed by atoms with E-state index in [1.807, 2.05) is 54.6 Å². The molecule has 0 aliphatic heterocycles. The first-order valence-corrected chi connectivity index (χ1v) is 6.89. The summed E-state index contributed by atoms with van der Waals surface area (Å²) in [4.78, 5) is 12.0. The van der Waals surface area contributed by atoms with Gasteiger partial charge >= 0.3 is 0 Å². The van der Waals surface area contributed by atoms with Crippen molar-refractivity contribution in [2.75, 3.05) is 7.11 Å². The summed E-state index contributed by atoms with van der Waals surface area (Å²) in [5, 5.41) is 2.85. The average molecular weight is 284 g/mol. The molecule has 0 aliphatic rings. The van der Waals surface area contributed by atoms with E-state index in [1.165, 1.54) is 0 Å². The van der Waals surface area contributed by atoms with E-state index in [0.29, 0.717) is 13.0 Å². The number of nitrogens with one attached hydrogen (secondary N) is 1.